The molecule has 1 atom stereocenters. The fraction of sp³-hybridized carbons (Fsp3) is 0.583. The van der Waals surface area contributed by atoms with Crippen LogP contribution in [0.1, 0.15) is 52.0 Å². The molecule has 2 aliphatic rings. The third kappa shape index (κ3) is 6.59. The van der Waals surface area contributed by atoms with Crippen molar-refractivity contribution in [2.45, 2.75) is 63.3 Å². The van der Waals surface area contributed by atoms with E-state index in [0.29, 0.717) is 61.0 Å². The summed E-state index contributed by atoms with van der Waals surface area (Å²) in [6.45, 7) is 7.70. The van der Waals surface area contributed by atoms with Gasteiger partial charge in [-0.2, -0.15) is 5.21 Å². The minimum Gasteiger partial charge on any atom is -0.410 e. The summed E-state index contributed by atoms with van der Waals surface area (Å²) in [5.41, 5.74) is 0.710. The molecule has 0 radical (unpaired) electrons. The molecular formula is C24H32N6O4S. The van der Waals surface area contributed by atoms with Crippen LogP contribution in [-0.4, -0.2) is 73.2 Å². The van der Waals surface area contributed by atoms with Crippen molar-refractivity contribution in [1.82, 2.24) is 30.4 Å². The van der Waals surface area contributed by atoms with Gasteiger partial charge in [0.25, 0.3) is 0 Å². The molecule has 2 fully saturated rings. The second kappa shape index (κ2) is 10.8. The summed E-state index contributed by atoms with van der Waals surface area (Å²) in [5.74, 6) is 0.729. The van der Waals surface area contributed by atoms with Crippen LogP contribution in [0.4, 0.5) is 4.79 Å². The zero-order chi connectivity index (χ0) is 25.0. The number of carbonyl (C=O) groups excluding carboxylic acids is 3. The van der Waals surface area contributed by atoms with E-state index in [1.165, 1.54) is 4.90 Å². The highest BCUT2D eigenvalue weighted by molar-refractivity contribution is 7.99. The Bertz CT molecular complexity index is 1010. The molecule has 11 heteroatoms. The highest BCUT2D eigenvalue weighted by Gasteiger charge is 2.37. The summed E-state index contributed by atoms with van der Waals surface area (Å²) in [6, 6.07) is 7.25. The lowest BCUT2D eigenvalue weighted by molar-refractivity contribution is -0.152. The first-order chi connectivity index (χ1) is 16.7. The monoisotopic (exact) mass is 500 g/mol. The molecule has 0 saturated carbocycles. The molecule has 10 nitrogen and oxygen atoms in total. The molecule has 1 N–H and O–H groups in total. The minimum absolute atomic E-state index is 0.108. The third-order valence-electron chi connectivity index (χ3n) is 6.69. The highest BCUT2D eigenvalue weighted by atomic mass is 32.2. The Labute approximate surface area is 209 Å². The topological polar surface area (TPSA) is 121 Å². The molecule has 0 spiro atoms. The largest absolute Gasteiger partial charge is 0.415 e. The predicted molar refractivity (Wildman–Crippen MR) is 130 cm³/mol. The number of tetrazole rings is 1. The fourth-order valence-electron chi connectivity index (χ4n) is 4.61. The number of carbonyl (C=O) groups is 3. The van der Waals surface area contributed by atoms with Gasteiger partial charge in [0.2, 0.25) is 17.0 Å². The number of ether oxygens (including phenoxy) is 1. The van der Waals surface area contributed by atoms with E-state index in [1.54, 1.807) is 28.8 Å². The van der Waals surface area contributed by atoms with Crippen molar-refractivity contribution in [3.8, 4) is 5.75 Å². The molecule has 35 heavy (non-hydrogen) atoms. The van der Waals surface area contributed by atoms with E-state index in [4.69, 9.17) is 4.74 Å². The second-order valence-electron chi connectivity index (χ2n) is 10.1. The summed E-state index contributed by atoms with van der Waals surface area (Å²) in [5, 5.41) is 15.0. The fourth-order valence-corrected chi connectivity index (χ4v) is 5.59. The van der Waals surface area contributed by atoms with E-state index in [-0.39, 0.29) is 23.3 Å². The Hall–Kier alpha value is -2.95. The van der Waals surface area contributed by atoms with Crippen LogP contribution in [0.3, 0.4) is 0 Å². The van der Waals surface area contributed by atoms with Gasteiger partial charge in [-0.3, -0.25) is 14.5 Å². The summed E-state index contributed by atoms with van der Waals surface area (Å²) in [7, 11) is 0. The summed E-state index contributed by atoms with van der Waals surface area (Å²) >= 11 is 1.59. The standard InChI is InChI=1S/C24H32N6O4S/c1-16(35-22-25-27-28-26-22)18-9-11-29(12-10-18)23(33)34-19-6-4-17(5-7-19)8-13-30-20(31)14-24(2,3)15-21(30)32/h4-7,16,18H,8-15H2,1-3H3,(H,25,26,27,28). The lowest BCUT2D eigenvalue weighted by atomic mass is 9.81. The number of hydrogen-bond acceptors (Lipinski definition) is 8. The molecule has 1 aromatic carbocycles. The number of hydrogen-bond donors (Lipinski definition) is 1. The first kappa shape index (κ1) is 25.2. The first-order valence-corrected chi connectivity index (χ1v) is 12.9. The van der Waals surface area contributed by atoms with E-state index in [1.807, 2.05) is 26.0 Å². The molecule has 188 valence electrons. The summed E-state index contributed by atoms with van der Waals surface area (Å²) in [6.07, 6.45) is 2.79. The van der Waals surface area contributed by atoms with Crippen molar-refractivity contribution >= 4 is 29.7 Å². The van der Waals surface area contributed by atoms with Crippen LogP contribution < -0.4 is 4.74 Å². The molecule has 4 rings (SSSR count). The van der Waals surface area contributed by atoms with Gasteiger partial charge in [0.05, 0.1) is 0 Å². The SMILES string of the molecule is CC(Sc1nn[nH]n1)C1CCN(C(=O)Oc2ccc(CCN3C(=O)CC(C)(C)CC3=O)cc2)CC1. The van der Waals surface area contributed by atoms with E-state index in [0.717, 1.165) is 18.4 Å². The van der Waals surface area contributed by atoms with Gasteiger partial charge in [-0.25, -0.2) is 4.79 Å². The maximum absolute atomic E-state index is 12.6. The number of amides is 3. The van der Waals surface area contributed by atoms with Gasteiger partial charge in [-0.15, -0.1) is 10.2 Å². The Balaban J connectivity index is 1.21. The number of nitrogens with one attached hydrogen (secondary N) is 1. The lowest BCUT2D eigenvalue weighted by Gasteiger charge is -2.34. The maximum atomic E-state index is 12.6. The Morgan fingerprint density at radius 2 is 1.83 bits per heavy atom. The maximum Gasteiger partial charge on any atom is 0.415 e. The minimum atomic E-state index is -0.346. The van der Waals surface area contributed by atoms with Crippen molar-refractivity contribution in [1.29, 1.82) is 0 Å². The van der Waals surface area contributed by atoms with Crippen LogP contribution in [0.2, 0.25) is 0 Å². The van der Waals surface area contributed by atoms with Gasteiger partial charge in [0.15, 0.2) is 0 Å². The normalized spacial score (nSPS) is 19.6. The number of likely N-dealkylation sites (tertiary alicyclic amines) is 2. The number of piperidine rings is 2. The highest BCUT2D eigenvalue weighted by Crippen LogP contribution is 2.32. The van der Waals surface area contributed by atoms with Crippen molar-refractivity contribution in [3.05, 3.63) is 29.8 Å². The van der Waals surface area contributed by atoms with Crippen molar-refractivity contribution in [2.24, 2.45) is 11.3 Å². The van der Waals surface area contributed by atoms with E-state index >= 15 is 0 Å². The zero-order valence-electron chi connectivity index (χ0n) is 20.4. The average molecular weight is 501 g/mol. The van der Waals surface area contributed by atoms with Crippen LogP contribution in [0.5, 0.6) is 5.75 Å². The second-order valence-corrected chi connectivity index (χ2v) is 11.4. The molecule has 3 heterocycles. The number of H-pyrrole nitrogens is 1. The molecule has 2 aliphatic heterocycles. The third-order valence-corrected chi connectivity index (χ3v) is 7.83. The van der Waals surface area contributed by atoms with E-state index < -0.39 is 0 Å². The molecule has 0 bridgehead atoms. The molecule has 1 unspecified atom stereocenters. The van der Waals surface area contributed by atoms with Gasteiger partial charge in [0, 0.05) is 37.7 Å². The number of aromatic amines is 1. The Morgan fingerprint density at radius 1 is 1.17 bits per heavy atom. The van der Waals surface area contributed by atoms with Crippen LogP contribution in [0.25, 0.3) is 0 Å². The van der Waals surface area contributed by atoms with Crippen LogP contribution in [-0.2, 0) is 16.0 Å². The van der Waals surface area contributed by atoms with Gasteiger partial charge in [-0.05, 0) is 53.5 Å². The zero-order valence-corrected chi connectivity index (χ0v) is 21.2. The van der Waals surface area contributed by atoms with Crippen LogP contribution >= 0.6 is 11.8 Å². The van der Waals surface area contributed by atoms with Crippen molar-refractivity contribution in [3.63, 3.8) is 0 Å². The summed E-state index contributed by atoms with van der Waals surface area (Å²) in [4.78, 5) is 40.4. The van der Waals surface area contributed by atoms with Crippen molar-refractivity contribution < 1.29 is 19.1 Å². The summed E-state index contributed by atoms with van der Waals surface area (Å²) < 4.78 is 5.57. The van der Waals surface area contributed by atoms with Crippen LogP contribution in [0, 0.1) is 11.3 Å². The van der Waals surface area contributed by atoms with Gasteiger partial charge >= 0.3 is 6.09 Å². The molecule has 3 amide bonds. The van der Waals surface area contributed by atoms with Gasteiger partial charge in [-0.1, -0.05) is 44.7 Å². The number of imide groups is 1. The lowest BCUT2D eigenvalue weighted by Crippen LogP contribution is -2.46. The molecule has 2 saturated heterocycles. The molecule has 2 aromatic rings. The Morgan fingerprint density at radius 3 is 2.43 bits per heavy atom. The van der Waals surface area contributed by atoms with Gasteiger partial charge in [0.1, 0.15) is 5.75 Å². The molecular weight excluding hydrogens is 468 g/mol. The first-order valence-electron chi connectivity index (χ1n) is 12.0. The number of benzene rings is 1. The smallest absolute Gasteiger partial charge is 0.410 e. The predicted octanol–water partition coefficient (Wildman–Crippen LogP) is 3.31. The Kier molecular flexibility index (Phi) is 7.73. The number of thioether (sulfide) groups is 1. The quantitative estimate of drug-likeness (QED) is 0.454. The average Bonchev–Trinajstić information content (AvgIpc) is 3.32. The number of aromatic nitrogens is 4. The molecule has 1 aromatic heterocycles. The van der Waals surface area contributed by atoms with Crippen LogP contribution in [0.15, 0.2) is 29.4 Å². The van der Waals surface area contributed by atoms with Gasteiger partial charge < -0.3 is 9.64 Å². The molecule has 0 aliphatic carbocycles. The van der Waals surface area contributed by atoms with Crippen molar-refractivity contribution in [2.75, 3.05) is 19.6 Å². The number of nitrogens with zero attached hydrogens (tertiary/aromatic N) is 5. The van der Waals surface area contributed by atoms with E-state index in [9.17, 15) is 14.4 Å². The van der Waals surface area contributed by atoms with E-state index in [2.05, 4.69) is 27.5 Å². The number of rotatable bonds is 7.